The van der Waals surface area contributed by atoms with Crippen LogP contribution in [0.15, 0.2) is 17.6 Å². The number of nitrogens with zero attached hydrogens (tertiary/aromatic N) is 2. The van der Waals surface area contributed by atoms with Crippen LogP contribution < -0.4 is 34.9 Å². The maximum atomic E-state index is 12.4. The van der Waals surface area contributed by atoms with E-state index in [0.717, 1.165) is 74.6 Å². The van der Waals surface area contributed by atoms with Gasteiger partial charge in [-0.2, -0.15) is 0 Å². The van der Waals surface area contributed by atoms with Crippen molar-refractivity contribution >= 4 is 21.7 Å². The zero-order chi connectivity index (χ0) is 19.9. The minimum absolute atomic E-state index is 0. The molecule has 1 aromatic rings. The van der Waals surface area contributed by atoms with Gasteiger partial charge in [0, 0.05) is 10.9 Å². The Bertz CT molecular complexity index is 945. The van der Waals surface area contributed by atoms with Gasteiger partial charge in [0.25, 0.3) is 0 Å². The Balaban J connectivity index is 0.00000240. The summed E-state index contributed by atoms with van der Waals surface area (Å²) < 4.78 is 28.1. The predicted molar refractivity (Wildman–Crippen MR) is 111 cm³/mol. The Morgan fingerprint density at radius 1 is 1.14 bits per heavy atom. The number of amides is 2. The molecule has 29 heavy (non-hydrogen) atoms. The molecular formula is C21H28N3NaO3S. The molecule has 0 bridgehead atoms. The van der Waals surface area contributed by atoms with Crippen molar-refractivity contribution in [3.05, 3.63) is 44.5 Å². The van der Waals surface area contributed by atoms with Crippen LogP contribution in [0.25, 0.3) is 4.72 Å². The van der Waals surface area contributed by atoms with Gasteiger partial charge in [0.2, 0.25) is 0 Å². The van der Waals surface area contributed by atoms with Crippen molar-refractivity contribution in [3.8, 4) is 0 Å². The van der Waals surface area contributed by atoms with Crippen LogP contribution in [0.5, 0.6) is 0 Å². The average Bonchev–Trinajstić information content (AvgIpc) is 3.33. The number of carbonyl (C=O) groups is 1. The number of urea groups is 1. The second-order valence-electron chi connectivity index (χ2n) is 8.45. The zero-order valence-corrected chi connectivity index (χ0v) is 20.4. The number of likely N-dealkylation sites (tertiary alicyclic amines) is 1. The van der Waals surface area contributed by atoms with E-state index in [2.05, 4.69) is 14.9 Å². The molecular weight excluding hydrogens is 397 g/mol. The molecule has 4 rings (SSSR count). The van der Waals surface area contributed by atoms with Crippen molar-refractivity contribution in [2.75, 3.05) is 18.9 Å². The number of hydrogen-bond acceptors (Lipinski definition) is 4. The van der Waals surface area contributed by atoms with Crippen molar-refractivity contribution in [1.29, 1.82) is 0 Å². The van der Waals surface area contributed by atoms with E-state index in [0.29, 0.717) is 0 Å². The number of anilines is 1. The Morgan fingerprint density at radius 2 is 1.83 bits per heavy atom. The molecule has 1 saturated heterocycles. The third-order valence-corrected chi connectivity index (χ3v) is 7.49. The minimum Gasteiger partial charge on any atom is -0.423 e. The Hall–Kier alpha value is -0.860. The number of fused-ring (bicyclic) bond motifs is 3. The van der Waals surface area contributed by atoms with E-state index in [1.807, 2.05) is 20.0 Å². The number of hydrogen-bond donors (Lipinski definition) is 1. The molecule has 1 heterocycles. The van der Waals surface area contributed by atoms with Crippen molar-refractivity contribution in [2.45, 2.75) is 63.8 Å². The molecule has 0 unspecified atom stereocenters. The molecule has 152 valence electrons. The molecule has 2 aliphatic carbocycles. The van der Waals surface area contributed by atoms with Crippen LogP contribution in [0.1, 0.15) is 54.9 Å². The van der Waals surface area contributed by atoms with Crippen LogP contribution in [-0.2, 0) is 35.7 Å². The first kappa shape index (κ1) is 22.8. The Kier molecular flexibility index (Phi) is 6.85. The molecule has 0 radical (unpaired) electrons. The van der Waals surface area contributed by atoms with Crippen LogP contribution >= 0.6 is 0 Å². The molecule has 1 fully saturated rings. The minimum atomic E-state index is -3.97. The van der Waals surface area contributed by atoms with E-state index >= 15 is 0 Å². The number of rotatable bonds is 4. The molecule has 1 atom stereocenters. The average molecular weight is 426 g/mol. The van der Waals surface area contributed by atoms with E-state index in [-0.39, 0.29) is 35.1 Å². The molecule has 1 N–H and O–H groups in total. The summed E-state index contributed by atoms with van der Waals surface area (Å²) in [6.45, 7) is 2.93. The number of aryl methyl sites for hydroxylation is 1. The monoisotopic (exact) mass is 425 g/mol. The molecule has 1 aromatic carbocycles. The zero-order valence-electron chi connectivity index (χ0n) is 17.6. The largest absolute Gasteiger partial charge is 1.00 e. The molecule has 0 aromatic heterocycles. The SMILES string of the molecule is CN1CCC[C@@]1(C)/C=C/S(=O)(=O)[N-]C(=O)Nc1cc2c(c3c1CCC3)CCC2.[Na+]. The number of nitrogens with one attached hydrogen (secondary N) is 1. The van der Waals surface area contributed by atoms with E-state index in [9.17, 15) is 13.2 Å². The summed E-state index contributed by atoms with van der Waals surface area (Å²) in [4.78, 5) is 14.5. The Morgan fingerprint density at radius 3 is 2.55 bits per heavy atom. The first-order valence-electron chi connectivity index (χ1n) is 10.1. The predicted octanol–water partition coefficient (Wildman–Crippen LogP) is 0.901. The van der Waals surface area contributed by atoms with E-state index in [1.54, 1.807) is 6.08 Å². The van der Waals surface area contributed by atoms with Gasteiger partial charge in [-0.1, -0.05) is 12.1 Å². The van der Waals surface area contributed by atoms with Crippen molar-refractivity contribution < 1.29 is 42.8 Å². The maximum absolute atomic E-state index is 12.4. The molecule has 0 spiro atoms. The second-order valence-corrected chi connectivity index (χ2v) is 9.93. The first-order chi connectivity index (χ1) is 13.3. The molecule has 2 amide bonds. The molecule has 6 nitrogen and oxygen atoms in total. The fraction of sp³-hybridized carbons (Fsp3) is 0.571. The normalized spacial score (nSPS) is 23.7. The van der Waals surface area contributed by atoms with Crippen LogP contribution in [0.4, 0.5) is 10.5 Å². The van der Waals surface area contributed by atoms with E-state index in [4.69, 9.17) is 0 Å². The van der Waals surface area contributed by atoms with Crippen molar-refractivity contribution in [1.82, 2.24) is 4.90 Å². The smallest absolute Gasteiger partial charge is 0.423 e. The number of benzene rings is 1. The standard InChI is InChI=1S/C21H29N3O3S.Na/c1-21(10-5-12-24(21)2)11-13-28(26,27)23-20(25)22-19-14-15-6-3-7-16(15)17-8-4-9-18(17)19;/h11,13-14H,3-10,12H2,1-2H3,(H2,22,23,25);/q;+1/p-1/b13-11+;/t21-;/m0./s1. The van der Waals surface area contributed by atoms with Gasteiger partial charge in [0.15, 0.2) is 16.1 Å². The molecule has 1 aliphatic heterocycles. The molecule has 8 heteroatoms. The summed E-state index contributed by atoms with van der Waals surface area (Å²) in [5.41, 5.74) is 5.70. The van der Waals surface area contributed by atoms with Gasteiger partial charge < -0.3 is 10.0 Å². The third kappa shape index (κ3) is 4.74. The van der Waals surface area contributed by atoms with Crippen LogP contribution in [0.2, 0.25) is 0 Å². The first-order valence-corrected chi connectivity index (χ1v) is 11.6. The van der Waals surface area contributed by atoms with Gasteiger partial charge in [-0.3, -0.25) is 9.69 Å². The fourth-order valence-corrected chi connectivity index (χ4v) is 5.67. The van der Waals surface area contributed by atoms with Gasteiger partial charge in [0.1, 0.15) is 0 Å². The fourth-order valence-electron chi connectivity index (χ4n) is 4.87. The number of likely N-dealkylation sites (N-methyl/N-ethyl adjacent to an activating group) is 1. The summed E-state index contributed by atoms with van der Waals surface area (Å²) >= 11 is 0. The maximum Gasteiger partial charge on any atom is 1.00 e. The summed E-state index contributed by atoms with van der Waals surface area (Å²) in [6, 6.07) is 1.21. The summed E-state index contributed by atoms with van der Waals surface area (Å²) in [5.74, 6) is 0. The van der Waals surface area contributed by atoms with E-state index in [1.165, 1.54) is 16.7 Å². The third-order valence-electron chi connectivity index (χ3n) is 6.59. The van der Waals surface area contributed by atoms with Crippen molar-refractivity contribution in [3.63, 3.8) is 0 Å². The van der Waals surface area contributed by atoms with Crippen molar-refractivity contribution in [2.24, 2.45) is 0 Å². The summed E-state index contributed by atoms with van der Waals surface area (Å²) in [6.07, 6.45) is 9.91. The Labute approximate surface area is 195 Å². The van der Waals surface area contributed by atoms with E-state index < -0.39 is 16.1 Å². The van der Waals surface area contributed by atoms with Gasteiger partial charge in [0.05, 0.1) is 0 Å². The van der Waals surface area contributed by atoms with Gasteiger partial charge in [-0.15, -0.1) is 0 Å². The van der Waals surface area contributed by atoms with Gasteiger partial charge in [-0.25, -0.2) is 8.42 Å². The van der Waals surface area contributed by atoms with Crippen LogP contribution in [0, 0.1) is 0 Å². The van der Waals surface area contributed by atoms with Crippen LogP contribution in [-0.4, -0.2) is 38.5 Å². The molecule has 0 saturated carbocycles. The van der Waals surface area contributed by atoms with Gasteiger partial charge in [-0.05, 0) is 99.8 Å². The topological polar surface area (TPSA) is 80.6 Å². The second kappa shape index (κ2) is 8.71. The quantitative estimate of drug-likeness (QED) is 0.727. The van der Waals surface area contributed by atoms with Crippen LogP contribution in [0.3, 0.4) is 0 Å². The van der Waals surface area contributed by atoms with Gasteiger partial charge >= 0.3 is 29.6 Å². The number of sulfonamides is 1. The summed E-state index contributed by atoms with van der Waals surface area (Å²) in [5, 5.41) is 3.82. The summed E-state index contributed by atoms with van der Waals surface area (Å²) in [7, 11) is -2.00. The molecule has 3 aliphatic rings. The number of carbonyl (C=O) groups excluding carboxylic acids is 1.